The fourth-order valence-corrected chi connectivity index (χ4v) is 4.39. The van der Waals surface area contributed by atoms with Gasteiger partial charge in [0.2, 0.25) is 15.9 Å². The van der Waals surface area contributed by atoms with Crippen molar-refractivity contribution in [2.24, 2.45) is 0 Å². The van der Waals surface area contributed by atoms with Crippen LogP contribution in [0.1, 0.15) is 11.1 Å². The van der Waals surface area contributed by atoms with Gasteiger partial charge in [-0.15, -0.1) is 11.8 Å². The lowest BCUT2D eigenvalue weighted by Gasteiger charge is -2.07. The fraction of sp³-hybridized carbons (Fsp3) is 0.188. The van der Waals surface area contributed by atoms with Crippen molar-refractivity contribution in [2.45, 2.75) is 11.5 Å². The highest BCUT2D eigenvalue weighted by Crippen LogP contribution is 2.17. The second kappa shape index (κ2) is 8.89. The summed E-state index contributed by atoms with van der Waals surface area (Å²) in [5.41, 5.74) is 1.60. The summed E-state index contributed by atoms with van der Waals surface area (Å²) < 4.78 is 27.0. The first kappa shape index (κ1) is 19.3. The second-order valence-electron chi connectivity index (χ2n) is 5.03. The van der Waals surface area contributed by atoms with Crippen LogP contribution in [0.2, 0.25) is 5.02 Å². The Morgan fingerprint density at radius 3 is 2.50 bits per heavy atom. The Labute approximate surface area is 159 Å². The number of benzene rings is 2. The molecule has 0 aromatic heterocycles. The topological polar surface area (TPSA) is 63.2 Å². The van der Waals surface area contributed by atoms with Gasteiger partial charge in [-0.25, -0.2) is 8.42 Å². The monoisotopic (exact) mass is 447 g/mol. The minimum Gasteiger partial charge on any atom is -0.273 e. The van der Waals surface area contributed by atoms with Crippen LogP contribution >= 0.6 is 39.3 Å². The Kier molecular flexibility index (Phi) is 7.16. The molecule has 128 valence electrons. The first-order valence-electron chi connectivity index (χ1n) is 6.94. The zero-order valence-electron chi connectivity index (χ0n) is 12.5. The van der Waals surface area contributed by atoms with Crippen molar-refractivity contribution in [3.63, 3.8) is 0 Å². The maximum Gasteiger partial charge on any atom is 0.243 e. The summed E-state index contributed by atoms with van der Waals surface area (Å²) in [6.45, 7) is 0. The van der Waals surface area contributed by atoms with Crippen LogP contribution in [0.5, 0.6) is 0 Å². The number of carbonyl (C=O) groups excluding carboxylic acids is 1. The Morgan fingerprint density at radius 2 is 1.83 bits per heavy atom. The minimum absolute atomic E-state index is 0.0616. The molecule has 0 spiro atoms. The number of halogens is 2. The highest BCUT2D eigenvalue weighted by molar-refractivity contribution is 9.10. The predicted octanol–water partition coefficient (Wildman–Crippen LogP) is 3.98. The average molecular weight is 449 g/mol. The van der Waals surface area contributed by atoms with E-state index >= 15 is 0 Å². The molecule has 2 rings (SSSR count). The lowest BCUT2D eigenvalue weighted by atomic mass is 10.2. The molecule has 24 heavy (non-hydrogen) atoms. The number of amides is 1. The molecular weight excluding hydrogens is 434 g/mol. The Balaban J connectivity index is 1.81. The van der Waals surface area contributed by atoms with Crippen LogP contribution < -0.4 is 4.72 Å². The summed E-state index contributed by atoms with van der Waals surface area (Å²) in [5, 5.41) is 0.634. The molecule has 0 atom stereocenters. The van der Waals surface area contributed by atoms with E-state index in [9.17, 15) is 13.2 Å². The van der Waals surface area contributed by atoms with E-state index in [1.165, 1.54) is 11.8 Å². The van der Waals surface area contributed by atoms with E-state index in [2.05, 4.69) is 20.7 Å². The van der Waals surface area contributed by atoms with Gasteiger partial charge in [-0.1, -0.05) is 51.8 Å². The molecule has 0 fully saturated rings. The molecular formula is C16H15BrClNO3S2. The summed E-state index contributed by atoms with van der Waals surface area (Å²) >= 11 is 10.5. The summed E-state index contributed by atoms with van der Waals surface area (Å²) in [4.78, 5) is 11.8. The van der Waals surface area contributed by atoms with Crippen molar-refractivity contribution in [1.82, 2.24) is 4.72 Å². The molecule has 1 N–H and O–H groups in total. The molecule has 0 aliphatic rings. The van der Waals surface area contributed by atoms with Crippen LogP contribution in [-0.2, 0) is 26.3 Å². The SMILES string of the molecule is O=C(CSCc1cccc(Cl)c1)NS(=O)(=O)Cc1ccc(Br)cc1. The quantitative estimate of drug-likeness (QED) is 0.696. The van der Waals surface area contributed by atoms with Crippen LogP contribution in [0, 0.1) is 0 Å². The third-order valence-electron chi connectivity index (χ3n) is 2.93. The summed E-state index contributed by atoms with van der Waals surface area (Å²) in [5.74, 6) is -0.114. The zero-order chi connectivity index (χ0) is 17.6. The molecule has 0 bridgehead atoms. The third-order valence-corrected chi connectivity index (χ3v) is 5.95. The van der Waals surface area contributed by atoms with E-state index in [0.717, 1.165) is 10.0 Å². The van der Waals surface area contributed by atoms with Crippen LogP contribution in [0.15, 0.2) is 53.0 Å². The second-order valence-corrected chi connectivity index (χ2v) is 9.09. The molecule has 0 saturated heterocycles. The molecule has 0 radical (unpaired) electrons. The van der Waals surface area contributed by atoms with E-state index in [1.54, 1.807) is 30.3 Å². The van der Waals surface area contributed by atoms with Crippen molar-refractivity contribution in [3.8, 4) is 0 Å². The van der Waals surface area contributed by atoms with Crippen molar-refractivity contribution >= 4 is 55.2 Å². The number of sulfonamides is 1. The van der Waals surface area contributed by atoms with Crippen LogP contribution in [-0.4, -0.2) is 20.1 Å². The van der Waals surface area contributed by atoms with Gasteiger partial charge in [-0.2, -0.15) is 0 Å². The minimum atomic E-state index is -3.70. The normalized spacial score (nSPS) is 11.2. The summed E-state index contributed by atoms with van der Waals surface area (Å²) in [6, 6.07) is 14.2. The van der Waals surface area contributed by atoms with Crippen molar-refractivity contribution in [1.29, 1.82) is 0 Å². The third kappa shape index (κ3) is 6.84. The van der Waals surface area contributed by atoms with E-state index in [4.69, 9.17) is 11.6 Å². The van der Waals surface area contributed by atoms with E-state index < -0.39 is 15.9 Å². The van der Waals surface area contributed by atoms with Gasteiger partial charge in [0.25, 0.3) is 0 Å². The van der Waals surface area contributed by atoms with Crippen molar-refractivity contribution in [2.75, 3.05) is 5.75 Å². The molecule has 2 aromatic rings. The Bertz CT molecular complexity index is 810. The number of carbonyl (C=O) groups is 1. The Morgan fingerprint density at radius 1 is 1.12 bits per heavy atom. The van der Waals surface area contributed by atoms with E-state index in [-0.39, 0.29) is 11.5 Å². The number of nitrogens with one attached hydrogen (secondary N) is 1. The van der Waals surface area contributed by atoms with Gasteiger partial charge in [0.15, 0.2) is 0 Å². The fourth-order valence-electron chi connectivity index (χ4n) is 1.93. The number of rotatable bonds is 7. The molecule has 0 unspecified atom stereocenters. The predicted molar refractivity (Wildman–Crippen MR) is 103 cm³/mol. The molecule has 0 heterocycles. The number of thioether (sulfide) groups is 1. The highest BCUT2D eigenvalue weighted by atomic mass is 79.9. The van der Waals surface area contributed by atoms with E-state index in [0.29, 0.717) is 16.3 Å². The number of hydrogen-bond acceptors (Lipinski definition) is 4. The first-order chi connectivity index (χ1) is 11.3. The first-order valence-corrected chi connectivity index (χ1v) is 10.9. The van der Waals surface area contributed by atoms with Crippen molar-refractivity contribution in [3.05, 3.63) is 69.2 Å². The smallest absolute Gasteiger partial charge is 0.243 e. The van der Waals surface area contributed by atoms with Gasteiger partial charge in [-0.3, -0.25) is 9.52 Å². The van der Waals surface area contributed by atoms with Crippen molar-refractivity contribution < 1.29 is 13.2 Å². The van der Waals surface area contributed by atoms with Gasteiger partial charge < -0.3 is 0 Å². The average Bonchev–Trinajstić information content (AvgIpc) is 2.49. The molecule has 8 heteroatoms. The Hall–Kier alpha value is -1.02. The zero-order valence-corrected chi connectivity index (χ0v) is 16.5. The molecule has 1 amide bonds. The highest BCUT2D eigenvalue weighted by Gasteiger charge is 2.15. The summed E-state index contributed by atoms with van der Waals surface area (Å²) in [7, 11) is -3.70. The lowest BCUT2D eigenvalue weighted by Crippen LogP contribution is -2.32. The molecule has 0 saturated carbocycles. The van der Waals surface area contributed by atoms with Crippen LogP contribution in [0.4, 0.5) is 0 Å². The van der Waals surface area contributed by atoms with Gasteiger partial charge >= 0.3 is 0 Å². The van der Waals surface area contributed by atoms with E-state index in [1.807, 2.05) is 18.2 Å². The van der Waals surface area contributed by atoms with Gasteiger partial charge in [0.1, 0.15) is 0 Å². The van der Waals surface area contributed by atoms with Gasteiger partial charge in [-0.05, 0) is 35.4 Å². The van der Waals surface area contributed by atoms with Gasteiger partial charge in [0, 0.05) is 15.2 Å². The van der Waals surface area contributed by atoms with Crippen LogP contribution in [0.25, 0.3) is 0 Å². The molecule has 0 aliphatic heterocycles. The standard InChI is InChI=1S/C16H15BrClNO3S2/c17-14-6-4-12(5-7-14)11-24(21,22)19-16(20)10-23-9-13-2-1-3-15(18)8-13/h1-8H,9-11H2,(H,19,20). The maximum absolute atomic E-state index is 12.0. The largest absolute Gasteiger partial charge is 0.273 e. The van der Waals surface area contributed by atoms with Gasteiger partial charge in [0.05, 0.1) is 11.5 Å². The number of hydrogen-bond donors (Lipinski definition) is 1. The van der Waals surface area contributed by atoms with Crippen LogP contribution in [0.3, 0.4) is 0 Å². The molecule has 2 aromatic carbocycles. The summed E-state index contributed by atoms with van der Waals surface area (Å²) in [6.07, 6.45) is 0. The molecule has 0 aliphatic carbocycles. The molecule has 4 nitrogen and oxygen atoms in total. The maximum atomic E-state index is 12.0. The lowest BCUT2D eigenvalue weighted by molar-refractivity contribution is -0.116.